The number of hydrogen-bond acceptors (Lipinski definition) is 2. The highest BCUT2D eigenvalue weighted by atomic mass is 32.1. The number of hydrogen-bond donors (Lipinski definition) is 1. The number of thiophene rings is 1. The SMILES string of the molecule is Cc1c(C(=S)NCc2ccccc2)sc2ccccc12. The van der Waals surface area contributed by atoms with Crippen LogP contribution in [0.4, 0.5) is 0 Å². The Kier molecular flexibility index (Phi) is 3.81. The fraction of sp³-hybridized carbons (Fsp3) is 0.118. The van der Waals surface area contributed by atoms with Crippen LogP contribution in [0.25, 0.3) is 10.1 Å². The number of fused-ring (bicyclic) bond motifs is 1. The Morgan fingerprint density at radius 2 is 1.75 bits per heavy atom. The molecule has 3 rings (SSSR count). The van der Waals surface area contributed by atoms with Crippen LogP contribution in [0.2, 0.25) is 0 Å². The molecule has 3 heteroatoms. The number of benzene rings is 2. The van der Waals surface area contributed by atoms with E-state index in [1.54, 1.807) is 11.3 Å². The van der Waals surface area contributed by atoms with Crippen molar-refractivity contribution in [3.63, 3.8) is 0 Å². The van der Waals surface area contributed by atoms with Gasteiger partial charge in [-0.3, -0.25) is 0 Å². The van der Waals surface area contributed by atoms with Crippen LogP contribution in [0.15, 0.2) is 54.6 Å². The topological polar surface area (TPSA) is 12.0 Å². The van der Waals surface area contributed by atoms with E-state index in [9.17, 15) is 0 Å². The monoisotopic (exact) mass is 297 g/mol. The van der Waals surface area contributed by atoms with Gasteiger partial charge in [0.25, 0.3) is 0 Å². The zero-order chi connectivity index (χ0) is 13.9. The van der Waals surface area contributed by atoms with E-state index in [0.29, 0.717) is 0 Å². The fourth-order valence-electron chi connectivity index (χ4n) is 2.25. The minimum absolute atomic E-state index is 0.771. The van der Waals surface area contributed by atoms with E-state index in [0.717, 1.165) is 11.5 Å². The van der Waals surface area contributed by atoms with E-state index in [-0.39, 0.29) is 0 Å². The minimum atomic E-state index is 0.771. The van der Waals surface area contributed by atoms with Gasteiger partial charge < -0.3 is 5.32 Å². The first-order valence-electron chi connectivity index (χ1n) is 6.56. The first-order valence-corrected chi connectivity index (χ1v) is 7.78. The highest BCUT2D eigenvalue weighted by Crippen LogP contribution is 2.30. The molecule has 2 aromatic carbocycles. The van der Waals surface area contributed by atoms with Crippen molar-refractivity contribution >= 4 is 38.6 Å². The zero-order valence-electron chi connectivity index (χ0n) is 11.2. The van der Waals surface area contributed by atoms with Crippen LogP contribution in [0.1, 0.15) is 16.0 Å². The number of thiocarbonyl (C=S) groups is 1. The normalized spacial score (nSPS) is 10.7. The molecule has 1 aromatic heterocycles. The van der Waals surface area contributed by atoms with Gasteiger partial charge in [0.15, 0.2) is 0 Å². The molecule has 0 saturated heterocycles. The van der Waals surface area contributed by atoms with E-state index in [2.05, 4.69) is 48.6 Å². The van der Waals surface area contributed by atoms with Crippen LogP contribution in [-0.2, 0) is 6.54 Å². The standard InChI is InChI=1S/C17H15NS2/c1-12-14-9-5-6-10-15(14)20-16(12)17(19)18-11-13-7-3-2-4-8-13/h2-10H,11H2,1H3,(H,18,19). The van der Waals surface area contributed by atoms with Crippen molar-refractivity contribution in [3.05, 3.63) is 70.6 Å². The third-order valence-electron chi connectivity index (χ3n) is 3.35. The van der Waals surface area contributed by atoms with Gasteiger partial charge in [0, 0.05) is 11.2 Å². The Hall–Kier alpha value is -1.71. The highest BCUT2D eigenvalue weighted by molar-refractivity contribution is 7.81. The van der Waals surface area contributed by atoms with E-state index in [4.69, 9.17) is 12.2 Å². The smallest absolute Gasteiger partial charge is 0.117 e. The fourth-order valence-corrected chi connectivity index (χ4v) is 3.73. The summed E-state index contributed by atoms with van der Waals surface area (Å²) >= 11 is 7.31. The number of nitrogens with one attached hydrogen (secondary N) is 1. The van der Waals surface area contributed by atoms with Crippen LogP contribution < -0.4 is 5.32 Å². The zero-order valence-corrected chi connectivity index (χ0v) is 12.9. The van der Waals surface area contributed by atoms with E-state index in [1.165, 1.54) is 26.1 Å². The van der Waals surface area contributed by atoms with Gasteiger partial charge in [-0.15, -0.1) is 11.3 Å². The maximum absolute atomic E-state index is 5.55. The van der Waals surface area contributed by atoms with Crippen molar-refractivity contribution in [1.29, 1.82) is 0 Å². The molecule has 0 unspecified atom stereocenters. The second kappa shape index (κ2) is 5.73. The third-order valence-corrected chi connectivity index (χ3v) is 5.11. The van der Waals surface area contributed by atoms with Gasteiger partial charge in [0.2, 0.25) is 0 Å². The molecule has 0 amide bonds. The van der Waals surface area contributed by atoms with Crippen LogP contribution in [0.3, 0.4) is 0 Å². The molecular formula is C17H15NS2. The van der Waals surface area contributed by atoms with Gasteiger partial charge in [0.1, 0.15) is 4.99 Å². The van der Waals surface area contributed by atoms with Gasteiger partial charge >= 0.3 is 0 Å². The maximum Gasteiger partial charge on any atom is 0.117 e. The van der Waals surface area contributed by atoms with Gasteiger partial charge in [-0.1, -0.05) is 60.7 Å². The molecule has 0 saturated carbocycles. The summed E-state index contributed by atoms with van der Waals surface area (Å²) in [6.45, 7) is 2.91. The lowest BCUT2D eigenvalue weighted by atomic mass is 10.1. The van der Waals surface area contributed by atoms with E-state index in [1.807, 2.05) is 18.2 Å². The molecule has 0 spiro atoms. The summed E-state index contributed by atoms with van der Waals surface area (Å²) in [7, 11) is 0. The largest absolute Gasteiger partial charge is 0.371 e. The summed E-state index contributed by atoms with van der Waals surface area (Å²) in [5.74, 6) is 0. The summed E-state index contributed by atoms with van der Waals surface area (Å²) < 4.78 is 1.30. The van der Waals surface area contributed by atoms with Gasteiger partial charge in [0.05, 0.1) is 4.88 Å². The lowest BCUT2D eigenvalue weighted by Crippen LogP contribution is -2.21. The van der Waals surface area contributed by atoms with Crippen molar-refractivity contribution < 1.29 is 0 Å². The summed E-state index contributed by atoms with van der Waals surface area (Å²) in [5, 5.41) is 4.66. The van der Waals surface area contributed by atoms with Crippen LogP contribution in [0, 0.1) is 6.92 Å². The third kappa shape index (κ3) is 2.60. The van der Waals surface area contributed by atoms with Gasteiger partial charge in [-0.25, -0.2) is 0 Å². The summed E-state index contributed by atoms with van der Waals surface area (Å²) in [6.07, 6.45) is 0. The molecule has 0 aliphatic rings. The molecule has 0 fully saturated rings. The maximum atomic E-state index is 5.55. The van der Waals surface area contributed by atoms with E-state index >= 15 is 0 Å². The molecule has 0 atom stereocenters. The van der Waals surface area contributed by atoms with Crippen molar-refractivity contribution in [2.24, 2.45) is 0 Å². The molecule has 3 aromatic rings. The molecule has 0 bridgehead atoms. The summed E-state index contributed by atoms with van der Waals surface area (Å²) in [6, 6.07) is 18.8. The van der Waals surface area contributed by atoms with Crippen LogP contribution in [-0.4, -0.2) is 4.99 Å². The Labute approximate surface area is 128 Å². The molecule has 1 heterocycles. The predicted molar refractivity (Wildman–Crippen MR) is 91.5 cm³/mol. The Morgan fingerprint density at radius 1 is 1.05 bits per heavy atom. The number of rotatable bonds is 3. The predicted octanol–water partition coefficient (Wildman–Crippen LogP) is 4.68. The van der Waals surface area contributed by atoms with Crippen molar-refractivity contribution in [2.75, 3.05) is 0 Å². The Bertz CT molecular complexity index is 744. The van der Waals surface area contributed by atoms with Gasteiger partial charge in [-0.2, -0.15) is 0 Å². The number of aryl methyl sites for hydroxylation is 1. The van der Waals surface area contributed by atoms with Crippen molar-refractivity contribution in [1.82, 2.24) is 5.32 Å². The second-order valence-electron chi connectivity index (χ2n) is 4.72. The van der Waals surface area contributed by atoms with E-state index < -0.39 is 0 Å². The van der Waals surface area contributed by atoms with Gasteiger partial charge in [-0.05, 0) is 29.5 Å². The van der Waals surface area contributed by atoms with Crippen LogP contribution >= 0.6 is 23.6 Å². The molecular weight excluding hydrogens is 282 g/mol. The average molecular weight is 297 g/mol. The lowest BCUT2D eigenvalue weighted by Gasteiger charge is -2.07. The first-order chi connectivity index (χ1) is 9.75. The quantitative estimate of drug-likeness (QED) is 0.705. The molecule has 0 aliphatic heterocycles. The lowest BCUT2D eigenvalue weighted by molar-refractivity contribution is 0.930. The molecule has 1 nitrogen and oxygen atoms in total. The molecule has 100 valence electrons. The highest BCUT2D eigenvalue weighted by Gasteiger charge is 2.11. The van der Waals surface area contributed by atoms with Crippen LogP contribution in [0.5, 0.6) is 0 Å². The molecule has 0 aliphatic carbocycles. The van der Waals surface area contributed by atoms with Crippen molar-refractivity contribution in [2.45, 2.75) is 13.5 Å². The molecule has 20 heavy (non-hydrogen) atoms. The average Bonchev–Trinajstić information content (AvgIpc) is 2.84. The minimum Gasteiger partial charge on any atom is -0.371 e. The summed E-state index contributed by atoms with van der Waals surface area (Å²) in [4.78, 5) is 2.02. The Morgan fingerprint density at radius 3 is 2.50 bits per heavy atom. The molecule has 1 N–H and O–H groups in total. The summed E-state index contributed by atoms with van der Waals surface area (Å²) in [5.41, 5.74) is 2.52. The second-order valence-corrected chi connectivity index (χ2v) is 6.18. The first kappa shape index (κ1) is 13.3. The van der Waals surface area contributed by atoms with Crippen molar-refractivity contribution in [3.8, 4) is 0 Å². The Balaban J connectivity index is 1.81. The molecule has 0 radical (unpaired) electrons.